The average Bonchev–Trinajstić information content (AvgIpc) is 2.81. The van der Waals surface area contributed by atoms with Gasteiger partial charge in [0.2, 0.25) is 11.9 Å². The Morgan fingerprint density at radius 3 is 2.26 bits per heavy atom. The molecule has 3 rings (SSSR count). The van der Waals surface area contributed by atoms with E-state index in [1.54, 1.807) is 25.3 Å². The predicted molar refractivity (Wildman–Crippen MR) is 133 cm³/mol. The number of nitrogens with one attached hydrogen (secondary N) is 3. The Kier molecular flexibility index (Phi) is 10.0. The zero-order chi connectivity index (χ0) is 23.8. The van der Waals surface area contributed by atoms with Crippen LogP contribution in [0.3, 0.4) is 0 Å². The standard InChI is InChI=1S/C23H24N6O3S.Na.H/c1-3-21(30)29-33(31,32)20-12-10-19(11-13-20)27-23-25-15-16(2)22(28-23)26-18-8-6-17(7-9-18)5-4-14-24;;/h6-13,15H,3-5H2,1-2H3,(H,29,30)(H2,25,26,27,28);;. The van der Waals surface area contributed by atoms with Crippen LogP contribution < -0.4 is 15.4 Å². The van der Waals surface area contributed by atoms with Crippen LogP contribution in [0.2, 0.25) is 0 Å². The van der Waals surface area contributed by atoms with Gasteiger partial charge < -0.3 is 10.6 Å². The Balaban J connectivity index is 0.00000408. The summed E-state index contributed by atoms with van der Waals surface area (Å²) in [6.07, 6.45) is 2.94. The maximum absolute atomic E-state index is 12.2. The van der Waals surface area contributed by atoms with Crippen LogP contribution in [-0.2, 0) is 21.2 Å². The molecule has 0 aliphatic carbocycles. The van der Waals surface area contributed by atoms with Crippen molar-refractivity contribution in [2.45, 2.75) is 38.0 Å². The zero-order valence-electron chi connectivity index (χ0n) is 18.3. The molecular weight excluding hydrogens is 463 g/mol. The van der Waals surface area contributed by atoms with Gasteiger partial charge >= 0.3 is 29.6 Å². The number of hydrogen-bond acceptors (Lipinski definition) is 8. The summed E-state index contributed by atoms with van der Waals surface area (Å²) in [5, 5.41) is 15.0. The minimum atomic E-state index is -3.90. The van der Waals surface area contributed by atoms with E-state index in [0.717, 1.165) is 16.8 Å². The molecule has 0 bridgehead atoms. The van der Waals surface area contributed by atoms with Gasteiger partial charge in [-0.25, -0.2) is 18.1 Å². The molecule has 0 radical (unpaired) electrons. The second kappa shape index (κ2) is 12.5. The molecule has 0 saturated carbocycles. The van der Waals surface area contributed by atoms with Crippen molar-refractivity contribution in [3.8, 4) is 6.07 Å². The molecule has 0 aliphatic heterocycles. The van der Waals surface area contributed by atoms with Gasteiger partial charge in [0.1, 0.15) is 5.82 Å². The number of hydrogen-bond donors (Lipinski definition) is 3. The average molecular weight is 489 g/mol. The molecule has 0 saturated heterocycles. The molecule has 34 heavy (non-hydrogen) atoms. The summed E-state index contributed by atoms with van der Waals surface area (Å²) in [5.41, 5.74) is 3.38. The Bertz CT molecular complexity index is 1270. The molecule has 3 aromatic rings. The van der Waals surface area contributed by atoms with Gasteiger partial charge in [-0.05, 0) is 55.3 Å². The van der Waals surface area contributed by atoms with E-state index in [9.17, 15) is 13.2 Å². The molecule has 11 heteroatoms. The molecule has 0 fully saturated rings. The third kappa shape index (κ3) is 7.53. The van der Waals surface area contributed by atoms with Gasteiger partial charge in [-0.3, -0.25) is 4.79 Å². The molecular formula is C23H25N6NaO3S. The van der Waals surface area contributed by atoms with Gasteiger partial charge in [-0.15, -0.1) is 0 Å². The van der Waals surface area contributed by atoms with Gasteiger partial charge in [0.05, 0.1) is 11.0 Å². The number of nitriles is 1. The van der Waals surface area contributed by atoms with E-state index < -0.39 is 15.9 Å². The summed E-state index contributed by atoms with van der Waals surface area (Å²) >= 11 is 0. The first-order valence-electron chi connectivity index (χ1n) is 10.3. The molecule has 0 atom stereocenters. The Hall–Kier alpha value is -2.97. The Morgan fingerprint density at radius 2 is 1.65 bits per heavy atom. The Labute approximate surface area is 221 Å². The Morgan fingerprint density at radius 1 is 1.03 bits per heavy atom. The fourth-order valence-corrected chi connectivity index (χ4v) is 3.90. The van der Waals surface area contributed by atoms with E-state index in [4.69, 9.17) is 5.26 Å². The number of benzene rings is 2. The molecule has 0 spiro atoms. The number of aryl methyl sites for hydroxylation is 2. The number of amides is 1. The number of carbonyl (C=O) groups excluding carboxylic acids is 1. The van der Waals surface area contributed by atoms with Gasteiger partial charge in [0, 0.05) is 36.0 Å². The molecule has 1 amide bonds. The third-order valence-electron chi connectivity index (χ3n) is 4.70. The van der Waals surface area contributed by atoms with Crippen molar-refractivity contribution in [2.24, 2.45) is 0 Å². The van der Waals surface area contributed by atoms with E-state index >= 15 is 0 Å². The SMILES string of the molecule is CCC(=O)NS(=O)(=O)c1ccc(Nc2ncc(C)c(Nc3ccc(CCC#N)cc3)n2)cc1.[NaH]. The summed E-state index contributed by atoms with van der Waals surface area (Å²) in [7, 11) is -3.90. The van der Waals surface area contributed by atoms with Crippen molar-refractivity contribution in [3.63, 3.8) is 0 Å². The van der Waals surface area contributed by atoms with Crippen molar-refractivity contribution in [3.05, 3.63) is 65.9 Å². The number of nitrogens with zero attached hydrogens (tertiary/aromatic N) is 3. The molecule has 2 aromatic carbocycles. The van der Waals surface area contributed by atoms with Crippen LogP contribution >= 0.6 is 0 Å². The van der Waals surface area contributed by atoms with Crippen molar-refractivity contribution in [2.75, 3.05) is 10.6 Å². The van der Waals surface area contributed by atoms with Crippen LogP contribution in [0.5, 0.6) is 0 Å². The maximum atomic E-state index is 12.2. The van der Waals surface area contributed by atoms with Gasteiger partial charge in [0.15, 0.2) is 0 Å². The van der Waals surface area contributed by atoms with E-state index in [2.05, 4.69) is 26.7 Å². The third-order valence-corrected chi connectivity index (χ3v) is 6.09. The quantitative estimate of drug-likeness (QED) is 0.390. The topological polar surface area (TPSA) is 137 Å². The second-order valence-corrected chi connectivity index (χ2v) is 8.92. The van der Waals surface area contributed by atoms with Crippen molar-refractivity contribution >= 4 is 68.6 Å². The van der Waals surface area contributed by atoms with Crippen LogP contribution in [0, 0.1) is 18.3 Å². The fraction of sp³-hybridized carbons (Fsp3) is 0.217. The van der Waals surface area contributed by atoms with Crippen LogP contribution in [0.4, 0.5) is 23.1 Å². The van der Waals surface area contributed by atoms with Gasteiger partial charge in [0.25, 0.3) is 10.0 Å². The monoisotopic (exact) mass is 488 g/mol. The van der Waals surface area contributed by atoms with Crippen molar-refractivity contribution in [1.29, 1.82) is 5.26 Å². The normalized spacial score (nSPS) is 10.5. The zero-order valence-corrected chi connectivity index (χ0v) is 19.1. The number of aromatic nitrogens is 2. The molecule has 1 heterocycles. The summed E-state index contributed by atoms with van der Waals surface area (Å²) in [4.78, 5) is 20.2. The van der Waals surface area contributed by atoms with Crippen molar-refractivity contribution < 1.29 is 13.2 Å². The van der Waals surface area contributed by atoms with Gasteiger partial charge in [-0.1, -0.05) is 19.1 Å². The molecule has 3 N–H and O–H groups in total. The first-order valence-corrected chi connectivity index (χ1v) is 11.8. The summed E-state index contributed by atoms with van der Waals surface area (Å²) in [6.45, 7) is 3.46. The molecule has 1 aromatic heterocycles. The van der Waals surface area contributed by atoms with Crippen LogP contribution in [-0.4, -0.2) is 53.9 Å². The fourth-order valence-electron chi connectivity index (χ4n) is 2.85. The van der Waals surface area contributed by atoms with E-state index in [-0.39, 0.29) is 40.9 Å². The number of carbonyl (C=O) groups is 1. The number of rotatable bonds is 9. The number of sulfonamides is 1. The summed E-state index contributed by atoms with van der Waals surface area (Å²) in [6, 6.07) is 15.9. The number of anilines is 4. The predicted octanol–water partition coefficient (Wildman–Crippen LogP) is 3.29. The molecule has 0 unspecified atom stereocenters. The van der Waals surface area contributed by atoms with E-state index in [1.165, 1.54) is 12.1 Å². The molecule has 9 nitrogen and oxygen atoms in total. The minimum absolute atomic E-state index is 0. The molecule has 0 aliphatic rings. The first-order chi connectivity index (χ1) is 15.8. The second-order valence-electron chi connectivity index (χ2n) is 7.24. The van der Waals surface area contributed by atoms with Crippen LogP contribution in [0.15, 0.2) is 59.6 Å². The van der Waals surface area contributed by atoms with Crippen LogP contribution in [0.1, 0.15) is 30.9 Å². The van der Waals surface area contributed by atoms with E-state index in [1.807, 2.05) is 35.9 Å². The molecule has 172 valence electrons. The van der Waals surface area contributed by atoms with E-state index in [0.29, 0.717) is 30.3 Å². The summed E-state index contributed by atoms with van der Waals surface area (Å²) < 4.78 is 26.4. The summed E-state index contributed by atoms with van der Waals surface area (Å²) in [5.74, 6) is 0.393. The van der Waals surface area contributed by atoms with Crippen LogP contribution in [0.25, 0.3) is 0 Å². The van der Waals surface area contributed by atoms with Crippen molar-refractivity contribution in [1.82, 2.24) is 14.7 Å². The van der Waals surface area contributed by atoms with Gasteiger partial charge in [-0.2, -0.15) is 10.2 Å². The first kappa shape index (κ1) is 27.3.